The van der Waals surface area contributed by atoms with E-state index in [0.717, 1.165) is 36.1 Å². The summed E-state index contributed by atoms with van der Waals surface area (Å²) < 4.78 is 6.65. The summed E-state index contributed by atoms with van der Waals surface area (Å²) in [6, 6.07) is 2.34. The topological polar surface area (TPSA) is 45.6 Å². The Morgan fingerprint density at radius 2 is 2.30 bits per heavy atom. The molecule has 0 radical (unpaired) electrons. The van der Waals surface area contributed by atoms with Crippen LogP contribution in [0.25, 0.3) is 0 Å². The van der Waals surface area contributed by atoms with Crippen LogP contribution in [-0.4, -0.2) is 42.0 Å². The van der Waals surface area contributed by atoms with Crippen molar-refractivity contribution in [3.8, 4) is 0 Å². The summed E-state index contributed by atoms with van der Waals surface area (Å²) in [6.45, 7) is 4.42. The Balaban J connectivity index is 1.86. The van der Waals surface area contributed by atoms with E-state index in [1.807, 2.05) is 12.3 Å². The van der Waals surface area contributed by atoms with E-state index in [4.69, 9.17) is 4.74 Å². The first kappa shape index (κ1) is 14.3. The largest absolute Gasteiger partial charge is 0.393 e. The quantitative estimate of drug-likeness (QED) is 0.898. The summed E-state index contributed by atoms with van der Waals surface area (Å²) in [5.41, 5.74) is 1.20. The molecule has 3 heterocycles. The number of nitrogens with zero attached hydrogens (tertiary/aromatic N) is 2. The molecule has 2 aliphatic rings. The van der Waals surface area contributed by atoms with Gasteiger partial charge in [-0.1, -0.05) is 0 Å². The Labute approximate surface area is 128 Å². The number of hydrogen-bond donors (Lipinski definition) is 1. The summed E-state index contributed by atoms with van der Waals surface area (Å²) in [5, 5.41) is 10.3. The molecule has 110 valence electrons. The lowest BCUT2D eigenvalue weighted by Crippen LogP contribution is -2.46. The number of aryl methyl sites for hydroxylation is 1. The molecule has 4 nitrogen and oxygen atoms in total. The molecular weight excluding hydrogens is 320 g/mol. The first-order valence-electron chi connectivity index (χ1n) is 7.32. The van der Waals surface area contributed by atoms with Gasteiger partial charge in [-0.2, -0.15) is 0 Å². The average molecular weight is 341 g/mol. The second-order valence-corrected chi connectivity index (χ2v) is 6.56. The van der Waals surface area contributed by atoms with Crippen molar-refractivity contribution in [3.05, 3.63) is 22.3 Å². The van der Waals surface area contributed by atoms with Crippen LogP contribution in [0.2, 0.25) is 0 Å². The molecule has 0 bridgehead atoms. The number of pyridine rings is 1. The molecule has 0 amide bonds. The molecule has 0 aliphatic carbocycles. The molecule has 3 atom stereocenters. The third kappa shape index (κ3) is 2.59. The van der Waals surface area contributed by atoms with Crippen molar-refractivity contribution in [1.82, 2.24) is 4.98 Å². The van der Waals surface area contributed by atoms with Gasteiger partial charge in [-0.25, -0.2) is 4.98 Å². The number of aliphatic hydroxyl groups is 1. The number of rotatable bonds is 2. The van der Waals surface area contributed by atoms with E-state index < -0.39 is 0 Å². The molecular formula is C15H21BrN2O2. The van der Waals surface area contributed by atoms with Gasteiger partial charge in [-0.3, -0.25) is 0 Å². The maximum absolute atomic E-state index is 10.3. The van der Waals surface area contributed by atoms with Crippen LogP contribution in [0, 0.1) is 12.8 Å². The van der Waals surface area contributed by atoms with Gasteiger partial charge < -0.3 is 14.7 Å². The van der Waals surface area contributed by atoms with Crippen LogP contribution >= 0.6 is 15.9 Å². The van der Waals surface area contributed by atoms with E-state index in [-0.39, 0.29) is 12.0 Å². The molecule has 1 N–H and O–H groups in total. The Morgan fingerprint density at radius 1 is 1.45 bits per heavy atom. The third-order valence-electron chi connectivity index (χ3n) is 4.49. The van der Waals surface area contributed by atoms with Gasteiger partial charge in [0.05, 0.1) is 17.2 Å². The minimum absolute atomic E-state index is 0.195. The maximum Gasteiger partial charge on any atom is 0.143 e. The van der Waals surface area contributed by atoms with Gasteiger partial charge in [0.15, 0.2) is 0 Å². The maximum atomic E-state index is 10.3. The van der Waals surface area contributed by atoms with Crippen molar-refractivity contribution < 1.29 is 9.84 Å². The minimum Gasteiger partial charge on any atom is -0.393 e. The molecule has 3 rings (SSSR count). The van der Waals surface area contributed by atoms with E-state index in [2.05, 4.69) is 32.7 Å². The fraction of sp³-hybridized carbons (Fsp3) is 0.667. The Hall–Kier alpha value is -0.650. The molecule has 5 heteroatoms. The summed E-state index contributed by atoms with van der Waals surface area (Å²) in [7, 11) is 0. The molecule has 0 aromatic carbocycles. The van der Waals surface area contributed by atoms with Crippen molar-refractivity contribution in [3.63, 3.8) is 0 Å². The van der Waals surface area contributed by atoms with Crippen LogP contribution in [0.3, 0.4) is 0 Å². The third-order valence-corrected chi connectivity index (χ3v) is 5.47. The molecule has 2 saturated heterocycles. The fourth-order valence-corrected chi connectivity index (χ4v) is 3.81. The molecule has 20 heavy (non-hydrogen) atoms. The lowest BCUT2D eigenvalue weighted by molar-refractivity contribution is -0.0438. The van der Waals surface area contributed by atoms with Crippen LogP contribution in [0.4, 0.5) is 5.82 Å². The monoisotopic (exact) mass is 340 g/mol. The minimum atomic E-state index is -0.252. The molecule has 2 aliphatic heterocycles. The van der Waals surface area contributed by atoms with Gasteiger partial charge >= 0.3 is 0 Å². The lowest BCUT2D eigenvalue weighted by Gasteiger charge is -2.37. The number of anilines is 1. The zero-order chi connectivity index (χ0) is 14.1. The normalized spacial score (nSPS) is 30.8. The predicted octanol–water partition coefficient (Wildman–Crippen LogP) is 2.52. The summed E-state index contributed by atoms with van der Waals surface area (Å²) in [6.07, 6.45) is 4.61. The van der Waals surface area contributed by atoms with Gasteiger partial charge in [-0.15, -0.1) is 0 Å². The molecule has 0 spiro atoms. The predicted molar refractivity (Wildman–Crippen MR) is 82.0 cm³/mol. The highest BCUT2D eigenvalue weighted by Gasteiger charge is 2.38. The molecule has 1 aromatic heterocycles. The Bertz CT molecular complexity index is 483. The first-order valence-corrected chi connectivity index (χ1v) is 8.11. The zero-order valence-electron chi connectivity index (χ0n) is 11.8. The van der Waals surface area contributed by atoms with Crippen molar-refractivity contribution >= 4 is 21.7 Å². The van der Waals surface area contributed by atoms with Gasteiger partial charge in [0.2, 0.25) is 0 Å². The van der Waals surface area contributed by atoms with E-state index >= 15 is 0 Å². The number of aliphatic hydroxyl groups excluding tert-OH is 1. The van der Waals surface area contributed by atoms with Crippen LogP contribution in [0.15, 0.2) is 16.7 Å². The number of hydrogen-bond acceptors (Lipinski definition) is 4. The van der Waals surface area contributed by atoms with Crippen molar-refractivity contribution in [2.24, 2.45) is 5.92 Å². The number of halogens is 1. The van der Waals surface area contributed by atoms with E-state index in [1.165, 1.54) is 5.56 Å². The lowest BCUT2D eigenvalue weighted by atomic mass is 9.89. The van der Waals surface area contributed by atoms with Gasteiger partial charge in [0.1, 0.15) is 5.82 Å². The SMILES string of the molecule is Cc1ccnc(N2CCC[C@@H]2[C@@H]2COCC[C@@H]2O)c1Br. The average Bonchev–Trinajstić information content (AvgIpc) is 2.91. The molecule has 1 aromatic rings. The summed E-state index contributed by atoms with van der Waals surface area (Å²) in [5.74, 6) is 1.20. The van der Waals surface area contributed by atoms with Crippen LogP contribution in [-0.2, 0) is 4.74 Å². The molecule has 0 unspecified atom stereocenters. The van der Waals surface area contributed by atoms with Gasteiger partial charge in [0, 0.05) is 31.3 Å². The second kappa shape index (κ2) is 6.00. The Morgan fingerprint density at radius 3 is 3.10 bits per heavy atom. The zero-order valence-corrected chi connectivity index (χ0v) is 13.3. The molecule has 2 fully saturated rings. The summed E-state index contributed by atoms with van der Waals surface area (Å²) in [4.78, 5) is 6.89. The highest BCUT2D eigenvalue weighted by Crippen LogP contribution is 2.36. The Kier molecular flexibility index (Phi) is 4.29. The van der Waals surface area contributed by atoms with E-state index in [0.29, 0.717) is 19.3 Å². The van der Waals surface area contributed by atoms with Crippen molar-refractivity contribution in [2.75, 3.05) is 24.7 Å². The van der Waals surface area contributed by atoms with Gasteiger partial charge in [0.25, 0.3) is 0 Å². The highest BCUT2D eigenvalue weighted by atomic mass is 79.9. The van der Waals surface area contributed by atoms with Crippen molar-refractivity contribution in [1.29, 1.82) is 0 Å². The van der Waals surface area contributed by atoms with Gasteiger partial charge in [-0.05, 0) is 53.7 Å². The molecule has 0 saturated carbocycles. The second-order valence-electron chi connectivity index (χ2n) is 5.76. The number of aromatic nitrogens is 1. The van der Waals surface area contributed by atoms with Crippen LogP contribution < -0.4 is 4.90 Å². The summed E-state index contributed by atoms with van der Waals surface area (Å²) >= 11 is 3.66. The van der Waals surface area contributed by atoms with E-state index in [1.54, 1.807) is 0 Å². The van der Waals surface area contributed by atoms with Crippen LogP contribution in [0.1, 0.15) is 24.8 Å². The highest BCUT2D eigenvalue weighted by molar-refractivity contribution is 9.10. The standard InChI is InChI=1S/C15H21BrN2O2/c1-10-4-6-17-15(14(10)16)18-7-2-3-12(18)11-9-20-8-5-13(11)19/h4,6,11-13,19H,2-3,5,7-9H2,1H3/t11-,12+,13-/m0/s1. The first-order chi connectivity index (χ1) is 9.68. The van der Waals surface area contributed by atoms with Crippen molar-refractivity contribution in [2.45, 2.75) is 38.3 Å². The van der Waals surface area contributed by atoms with Crippen LogP contribution in [0.5, 0.6) is 0 Å². The smallest absolute Gasteiger partial charge is 0.143 e. The van der Waals surface area contributed by atoms with E-state index in [9.17, 15) is 5.11 Å². The number of ether oxygens (including phenoxy) is 1. The fourth-order valence-electron chi connectivity index (χ4n) is 3.34.